The molecule has 0 radical (unpaired) electrons. The Labute approximate surface area is 183 Å². The highest BCUT2D eigenvalue weighted by molar-refractivity contribution is 9.10. The van der Waals surface area contributed by atoms with Crippen LogP contribution in [0.3, 0.4) is 0 Å². The van der Waals surface area contributed by atoms with Crippen LogP contribution < -0.4 is 19.6 Å². The maximum Gasteiger partial charge on any atom is 0.277 e. The van der Waals surface area contributed by atoms with Crippen molar-refractivity contribution < 1.29 is 19.0 Å². The number of hydrazone groups is 1. The minimum atomic E-state index is -0.384. The van der Waals surface area contributed by atoms with Crippen molar-refractivity contribution in [1.29, 1.82) is 0 Å². The molecule has 1 N–H and O–H groups in total. The van der Waals surface area contributed by atoms with E-state index in [2.05, 4.69) is 31.4 Å². The van der Waals surface area contributed by atoms with E-state index in [1.807, 2.05) is 44.2 Å². The topological polar surface area (TPSA) is 82.0 Å². The first-order valence-electron chi connectivity index (χ1n) is 9.30. The van der Waals surface area contributed by atoms with E-state index in [0.29, 0.717) is 22.8 Å². The lowest BCUT2D eigenvalue weighted by Gasteiger charge is -2.15. The molecule has 2 aromatic carbocycles. The van der Waals surface area contributed by atoms with Crippen molar-refractivity contribution in [2.24, 2.45) is 5.10 Å². The molecule has 0 aliphatic rings. The van der Waals surface area contributed by atoms with Crippen LogP contribution in [0.2, 0.25) is 0 Å². The van der Waals surface area contributed by atoms with Gasteiger partial charge in [0.15, 0.2) is 18.1 Å². The van der Waals surface area contributed by atoms with E-state index in [4.69, 9.17) is 14.2 Å². The van der Waals surface area contributed by atoms with Crippen LogP contribution >= 0.6 is 15.9 Å². The molecule has 0 spiro atoms. The van der Waals surface area contributed by atoms with Crippen molar-refractivity contribution in [2.45, 2.75) is 20.0 Å². The van der Waals surface area contributed by atoms with Crippen LogP contribution in [0.25, 0.3) is 10.9 Å². The molecule has 0 fully saturated rings. The van der Waals surface area contributed by atoms with Gasteiger partial charge in [0.2, 0.25) is 0 Å². The Morgan fingerprint density at radius 2 is 2.03 bits per heavy atom. The third-order valence-electron chi connectivity index (χ3n) is 3.96. The van der Waals surface area contributed by atoms with E-state index in [1.165, 1.54) is 6.21 Å². The number of pyridine rings is 1. The predicted octanol–water partition coefficient (Wildman–Crippen LogP) is 4.32. The van der Waals surface area contributed by atoms with E-state index in [-0.39, 0.29) is 18.6 Å². The van der Waals surface area contributed by atoms with Crippen LogP contribution in [0.1, 0.15) is 19.4 Å². The minimum absolute atomic E-state index is 0.00550. The summed E-state index contributed by atoms with van der Waals surface area (Å²) in [5, 5.41) is 4.93. The second-order valence-electron chi connectivity index (χ2n) is 6.61. The lowest BCUT2D eigenvalue weighted by atomic mass is 10.2. The number of aromatic nitrogens is 1. The molecular formula is C22H22BrN3O4. The second kappa shape index (κ2) is 10.1. The summed E-state index contributed by atoms with van der Waals surface area (Å²) in [7, 11) is 1.57. The average Bonchev–Trinajstić information content (AvgIpc) is 2.73. The van der Waals surface area contributed by atoms with E-state index in [0.717, 1.165) is 15.4 Å². The molecule has 30 heavy (non-hydrogen) atoms. The maximum atomic E-state index is 12.1. The van der Waals surface area contributed by atoms with Gasteiger partial charge in [-0.25, -0.2) is 5.43 Å². The van der Waals surface area contributed by atoms with Gasteiger partial charge in [-0.15, -0.1) is 0 Å². The fourth-order valence-corrected chi connectivity index (χ4v) is 3.26. The van der Waals surface area contributed by atoms with Gasteiger partial charge in [-0.05, 0) is 59.6 Å². The standard InChI is InChI=1S/C22H22BrN3O4/c1-14(2)30-22-17(23)10-15(11-19(22)28-3)12-25-26-20(27)13-29-18-8-4-6-16-7-5-9-24-21(16)18/h4-12,14H,13H2,1-3H3,(H,26,27)/b25-12-. The first-order chi connectivity index (χ1) is 14.5. The molecule has 0 unspecified atom stereocenters. The van der Waals surface area contributed by atoms with Gasteiger partial charge in [0.1, 0.15) is 11.3 Å². The van der Waals surface area contributed by atoms with Crippen molar-refractivity contribution in [3.8, 4) is 17.2 Å². The van der Waals surface area contributed by atoms with Crippen LogP contribution in [0.4, 0.5) is 0 Å². The van der Waals surface area contributed by atoms with E-state index in [1.54, 1.807) is 25.4 Å². The largest absolute Gasteiger partial charge is 0.493 e. The minimum Gasteiger partial charge on any atom is -0.493 e. The first kappa shape index (κ1) is 21.6. The fourth-order valence-electron chi connectivity index (χ4n) is 2.71. The Hall–Kier alpha value is -3.13. The predicted molar refractivity (Wildman–Crippen MR) is 119 cm³/mol. The molecule has 8 heteroatoms. The number of methoxy groups -OCH3 is 1. The van der Waals surface area contributed by atoms with Gasteiger partial charge in [-0.3, -0.25) is 9.78 Å². The highest BCUT2D eigenvalue weighted by atomic mass is 79.9. The van der Waals surface area contributed by atoms with E-state index < -0.39 is 0 Å². The molecule has 0 bridgehead atoms. The van der Waals surface area contributed by atoms with Gasteiger partial charge in [-0.1, -0.05) is 18.2 Å². The SMILES string of the molecule is COc1cc(/C=N\NC(=O)COc2cccc3cccnc23)cc(Br)c1OC(C)C. The maximum absolute atomic E-state index is 12.1. The van der Waals surface area contributed by atoms with E-state index in [9.17, 15) is 4.79 Å². The lowest BCUT2D eigenvalue weighted by molar-refractivity contribution is -0.123. The monoisotopic (exact) mass is 471 g/mol. The van der Waals surface area contributed by atoms with Crippen molar-refractivity contribution in [3.05, 3.63) is 58.7 Å². The number of ether oxygens (including phenoxy) is 3. The smallest absolute Gasteiger partial charge is 0.277 e. The first-order valence-corrected chi connectivity index (χ1v) is 10.1. The zero-order chi connectivity index (χ0) is 21.5. The summed E-state index contributed by atoms with van der Waals surface area (Å²) in [5.41, 5.74) is 3.89. The number of amides is 1. The van der Waals surface area contributed by atoms with Gasteiger partial charge < -0.3 is 14.2 Å². The Bertz CT molecular complexity index is 1060. The number of rotatable bonds is 8. The number of hydrogen-bond acceptors (Lipinski definition) is 6. The molecule has 0 atom stereocenters. The van der Waals surface area contributed by atoms with Gasteiger partial charge in [0.05, 0.1) is 23.9 Å². The number of nitrogens with zero attached hydrogens (tertiary/aromatic N) is 2. The fraction of sp³-hybridized carbons (Fsp3) is 0.227. The Morgan fingerprint density at radius 1 is 1.23 bits per heavy atom. The van der Waals surface area contributed by atoms with Crippen molar-refractivity contribution in [3.63, 3.8) is 0 Å². The normalized spacial score (nSPS) is 11.1. The average molecular weight is 472 g/mol. The van der Waals surface area contributed by atoms with Crippen LogP contribution in [0, 0.1) is 0 Å². The molecule has 7 nitrogen and oxygen atoms in total. The molecule has 0 saturated carbocycles. The van der Waals surface area contributed by atoms with Crippen LogP contribution in [0.5, 0.6) is 17.2 Å². The molecule has 1 heterocycles. The Morgan fingerprint density at radius 3 is 2.80 bits per heavy atom. The number of benzene rings is 2. The molecule has 156 valence electrons. The van der Waals surface area contributed by atoms with Crippen molar-refractivity contribution in [2.75, 3.05) is 13.7 Å². The number of hydrogen-bond donors (Lipinski definition) is 1. The quantitative estimate of drug-likeness (QED) is 0.390. The van der Waals surface area contributed by atoms with Gasteiger partial charge in [-0.2, -0.15) is 5.10 Å². The number of halogens is 1. The molecule has 1 aromatic heterocycles. The number of carbonyl (C=O) groups is 1. The second-order valence-corrected chi connectivity index (χ2v) is 7.47. The molecule has 3 aromatic rings. The summed E-state index contributed by atoms with van der Waals surface area (Å²) in [6.07, 6.45) is 3.21. The summed E-state index contributed by atoms with van der Waals surface area (Å²) in [5.74, 6) is 1.34. The molecule has 0 saturated heterocycles. The van der Waals surface area contributed by atoms with Gasteiger partial charge in [0.25, 0.3) is 5.91 Å². The van der Waals surface area contributed by atoms with Gasteiger partial charge in [0, 0.05) is 11.6 Å². The number of nitrogens with one attached hydrogen (secondary N) is 1. The van der Waals surface area contributed by atoms with Crippen LogP contribution in [0.15, 0.2) is 58.2 Å². The summed E-state index contributed by atoms with van der Waals surface area (Å²) in [4.78, 5) is 16.4. The molecular weight excluding hydrogens is 450 g/mol. The summed E-state index contributed by atoms with van der Waals surface area (Å²) in [6.45, 7) is 3.70. The number of fused-ring (bicyclic) bond motifs is 1. The third kappa shape index (κ3) is 5.48. The summed E-state index contributed by atoms with van der Waals surface area (Å²) in [6, 6.07) is 12.9. The third-order valence-corrected chi connectivity index (χ3v) is 4.55. The van der Waals surface area contributed by atoms with Crippen molar-refractivity contribution >= 4 is 39.0 Å². The zero-order valence-electron chi connectivity index (χ0n) is 16.9. The number of para-hydroxylation sites is 1. The zero-order valence-corrected chi connectivity index (χ0v) is 18.5. The van der Waals surface area contributed by atoms with Crippen LogP contribution in [-0.4, -0.2) is 36.9 Å². The van der Waals surface area contributed by atoms with Gasteiger partial charge >= 0.3 is 0 Å². The number of carbonyl (C=O) groups excluding carboxylic acids is 1. The summed E-state index contributed by atoms with van der Waals surface area (Å²) >= 11 is 3.48. The highest BCUT2D eigenvalue weighted by Gasteiger charge is 2.12. The Kier molecular flexibility index (Phi) is 7.24. The molecule has 0 aliphatic heterocycles. The molecule has 3 rings (SSSR count). The molecule has 1 amide bonds. The molecule has 0 aliphatic carbocycles. The Balaban J connectivity index is 1.61. The van der Waals surface area contributed by atoms with E-state index >= 15 is 0 Å². The summed E-state index contributed by atoms with van der Waals surface area (Å²) < 4.78 is 17.5. The van der Waals surface area contributed by atoms with Crippen LogP contribution in [-0.2, 0) is 4.79 Å². The lowest BCUT2D eigenvalue weighted by Crippen LogP contribution is -2.24. The highest BCUT2D eigenvalue weighted by Crippen LogP contribution is 2.37. The van der Waals surface area contributed by atoms with Crippen molar-refractivity contribution in [1.82, 2.24) is 10.4 Å².